The summed E-state index contributed by atoms with van der Waals surface area (Å²) >= 11 is 0. The second-order valence-electron chi connectivity index (χ2n) is 11.3. The number of hydrogen-bond donors (Lipinski definition) is 0. The van der Waals surface area contributed by atoms with Crippen LogP contribution in [0.3, 0.4) is 0 Å². The van der Waals surface area contributed by atoms with Crippen molar-refractivity contribution in [1.29, 1.82) is 0 Å². The van der Waals surface area contributed by atoms with E-state index in [2.05, 4.69) is 4.90 Å². The summed E-state index contributed by atoms with van der Waals surface area (Å²) in [6, 6.07) is 10.1. The van der Waals surface area contributed by atoms with E-state index in [0.717, 1.165) is 33.4 Å². The Morgan fingerprint density at radius 3 is 2.03 bits per heavy atom. The number of piperazine rings is 1. The molecule has 1 aliphatic heterocycles. The molecule has 4 rings (SSSR count). The van der Waals surface area contributed by atoms with Gasteiger partial charge < -0.3 is 19.3 Å². The van der Waals surface area contributed by atoms with Crippen LogP contribution in [-0.2, 0) is 9.47 Å². The minimum absolute atomic E-state index is 0.271. The number of aryl methyl sites for hydroxylation is 1. The van der Waals surface area contributed by atoms with Gasteiger partial charge in [-0.1, -0.05) is 12.1 Å². The van der Waals surface area contributed by atoms with Crippen LogP contribution in [0.1, 0.15) is 47.1 Å². The van der Waals surface area contributed by atoms with Crippen molar-refractivity contribution in [1.82, 2.24) is 14.5 Å². The van der Waals surface area contributed by atoms with E-state index in [0.29, 0.717) is 26.2 Å². The van der Waals surface area contributed by atoms with Gasteiger partial charge in [0.05, 0.1) is 5.52 Å². The van der Waals surface area contributed by atoms with Crippen LogP contribution in [0.5, 0.6) is 0 Å². The van der Waals surface area contributed by atoms with Crippen molar-refractivity contribution in [3.8, 4) is 11.1 Å². The Bertz CT molecular complexity index is 1260. The lowest BCUT2D eigenvalue weighted by Gasteiger charge is -2.36. The molecule has 0 N–H and O–H groups in total. The minimum atomic E-state index is -0.572. The van der Waals surface area contributed by atoms with Crippen LogP contribution in [0.4, 0.5) is 15.4 Å². The summed E-state index contributed by atoms with van der Waals surface area (Å²) in [6.45, 7) is 15.8. The van der Waals surface area contributed by atoms with Gasteiger partial charge in [-0.25, -0.2) is 14.6 Å². The molecule has 1 aromatic carbocycles. The fraction of sp³-hybridized carbons (Fsp3) is 0.464. The molecule has 192 valence electrons. The average molecular weight is 493 g/mol. The number of rotatable bonds is 2. The fourth-order valence-electron chi connectivity index (χ4n) is 4.23. The molecule has 8 heteroatoms. The van der Waals surface area contributed by atoms with E-state index in [9.17, 15) is 9.59 Å². The van der Waals surface area contributed by atoms with Crippen molar-refractivity contribution in [3.05, 3.63) is 48.3 Å². The van der Waals surface area contributed by atoms with E-state index in [1.165, 1.54) is 0 Å². The Morgan fingerprint density at radius 2 is 1.44 bits per heavy atom. The monoisotopic (exact) mass is 492 g/mol. The first-order valence-corrected chi connectivity index (χ1v) is 12.4. The molecule has 2 aromatic heterocycles. The Kier molecular flexibility index (Phi) is 6.73. The largest absolute Gasteiger partial charge is 0.444 e. The van der Waals surface area contributed by atoms with E-state index in [1.807, 2.05) is 91.2 Å². The van der Waals surface area contributed by atoms with E-state index in [1.54, 1.807) is 9.47 Å². The van der Waals surface area contributed by atoms with Crippen LogP contribution in [0.25, 0.3) is 22.0 Å². The standard InChI is InChI=1S/C28H36N4O4/c1-19-18-32(26(34)36-28(5,6)7)23-16-20(8-10-22(19)23)21-9-11-24(29-17-21)30-12-14-31(15-13-30)25(33)35-27(2,3)4/h8-11,16-18H,12-15H2,1-7H3. The first-order chi connectivity index (χ1) is 16.8. The highest BCUT2D eigenvalue weighted by Gasteiger charge is 2.26. The van der Waals surface area contributed by atoms with Gasteiger partial charge in [0.2, 0.25) is 0 Å². The van der Waals surface area contributed by atoms with Crippen molar-refractivity contribution in [3.63, 3.8) is 0 Å². The maximum Gasteiger partial charge on any atom is 0.419 e. The number of hydrogen-bond acceptors (Lipinski definition) is 6. The van der Waals surface area contributed by atoms with Gasteiger partial charge in [-0.3, -0.25) is 4.57 Å². The summed E-state index contributed by atoms with van der Waals surface area (Å²) in [5.41, 5.74) is 2.68. The van der Waals surface area contributed by atoms with Gasteiger partial charge in [-0.05, 0) is 77.8 Å². The lowest BCUT2D eigenvalue weighted by atomic mass is 10.0. The molecule has 1 aliphatic rings. The topological polar surface area (TPSA) is 76.9 Å². The molecule has 1 fully saturated rings. The molecule has 0 atom stereocenters. The van der Waals surface area contributed by atoms with Gasteiger partial charge in [-0.2, -0.15) is 0 Å². The molecule has 1 saturated heterocycles. The molecule has 8 nitrogen and oxygen atoms in total. The van der Waals surface area contributed by atoms with Crippen molar-refractivity contribution in [2.24, 2.45) is 0 Å². The number of carbonyl (C=O) groups excluding carboxylic acids is 2. The zero-order chi connectivity index (χ0) is 26.3. The summed E-state index contributed by atoms with van der Waals surface area (Å²) in [5.74, 6) is 0.872. The molecule has 0 saturated carbocycles. The third kappa shape index (κ3) is 5.80. The molecular weight excluding hydrogens is 456 g/mol. The third-order valence-electron chi connectivity index (χ3n) is 5.93. The number of anilines is 1. The molecule has 36 heavy (non-hydrogen) atoms. The van der Waals surface area contributed by atoms with Crippen LogP contribution >= 0.6 is 0 Å². The summed E-state index contributed by atoms with van der Waals surface area (Å²) in [4.78, 5) is 33.7. The zero-order valence-electron chi connectivity index (χ0n) is 22.3. The number of fused-ring (bicyclic) bond motifs is 1. The Hall–Kier alpha value is -3.55. The van der Waals surface area contributed by atoms with Crippen LogP contribution in [0.15, 0.2) is 42.7 Å². The molecular formula is C28H36N4O4. The van der Waals surface area contributed by atoms with Crippen LogP contribution in [-0.4, -0.2) is 64.0 Å². The second-order valence-corrected chi connectivity index (χ2v) is 11.3. The number of amides is 1. The van der Waals surface area contributed by atoms with Crippen LogP contribution in [0, 0.1) is 6.92 Å². The van der Waals surface area contributed by atoms with Crippen LogP contribution < -0.4 is 4.90 Å². The fourth-order valence-corrected chi connectivity index (χ4v) is 4.23. The zero-order valence-corrected chi connectivity index (χ0v) is 22.3. The van der Waals surface area contributed by atoms with Gasteiger partial charge >= 0.3 is 12.2 Å². The van der Waals surface area contributed by atoms with Gasteiger partial charge in [0.1, 0.15) is 17.0 Å². The quantitative estimate of drug-likeness (QED) is 0.446. The number of ether oxygens (including phenoxy) is 2. The predicted octanol–water partition coefficient (Wildman–Crippen LogP) is 5.85. The van der Waals surface area contributed by atoms with Crippen molar-refractivity contribution >= 4 is 28.9 Å². The van der Waals surface area contributed by atoms with Gasteiger partial charge in [0.15, 0.2) is 0 Å². The summed E-state index contributed by atoms with van der Waals surface area (Å²) in [5, 5.41) is 1.01. The molecule has 0 unspecified atom stereocenters. The molecule has 1 amide bonds. The second kappa shape index (κ2) is 9.48. The predicted molar refractivity (Wildman–Crippen MR) is 142 cm³/mol. The smallest absolute Gasteiger partial charge is 0.419 e. The van der Waals surface area contributed by atoms with E-state index in [-0.39, 0.29) is 6.09 Å². The Labute approximate surface area is 212 Å². The van der Waals surface area contributed by atoms with Gasteiger partial charge in [-0.15, -0.1) is 0 Å². The van der Waals surface area contributed by atoms with Gasteiger partial charge in [0.25, 0.3) is 0 Å². The highest BCUT2D eigenvalue weighted by molar-refractivity contribution is 5.94. The molecule has 3 heterocycles. The lowest BCUT2D eigenvalue weighted by molar-refractivity contribution is 0.0240. The first-order valence-electron chi connectivity index (χ1n) is 12.4. The Morgan fingerprint density at radius 1 is 0.833 bits per heavy atom. The highest BCUT2D eigenvalue weighted by Crippen LogP contribution is 2.29. The number of aromatic nitrogens is 2. The van der Waals surface area contributed by atoms with Crippen molar-refractivity contribution < 1.29 is 19.1 Å². The Balaban J connectivity index is 1.48. The van der Waals surface area contributed by atoms with Crippen LogP contribution in [0.2, 0.25) is 0 Å². The van der Waals surface area contributed by atoms with Crippen molar-refractivity contribution in [2.45, 2.75) is 59.7 Å². The number of nitrogens with zero attached hydrogens (tertiary/aromatic N) is 4. The molecule has 3 aromatic rings. The SMILES string of the molecule is Cc1cn(C(=O)OC(C)(C)C)c2cc(-c3ccc(N4CCN(C(=O)OC(C)(C)C)CC4)nc3)ccc12. The number of carbonyl (C=O) groups is 2. The molecule has 0 spiro atoms. The summed E-state index contributed by atoms with van der Waals surface area (Å²) < 4.78 is 12.7. The third-order valence-corrected chi connectivity index (χ3v) is 5.93. The molecule has 0 radical (unpaired) electrons. The molecule has 0 aliphatic carbocycles. The number of pyridine rings is 1. The van der Waals surface area contributed by atoms with E-state index < -0.39 is 17.3 Å². The minimum Gasteiger partial charge on any atom is -0.444 e. The maximum atomic E-state index is 12.8. The molecule has 0 bridgehead atoms. The normalized spacial score (nSPS) is 14.8. The highest BCUT2D eigenvalue weighted by atomic mass is 16.6. The average Bonchev–Trinajstić information content (AvgIpc) is 3.13. The van der Waals surface area contributed by atoms with E-state index in [4.69, 9.17) is 14.5 Å². The summed E-state index contributed by atoms with van der Waals surface area (Å²) in [7, 11) is 0. The van der Waals surface area contributed by atoms with E-state index >= 15 is 0 Å². The number of benzene rings is 1. The lowest BCUT2D eigenvalue weighted by Crippen LogP contribution is -2.50. The van der Waals surface area contributed by atoms with Crippen molar-refractivity contribution in [2.75, 3.05) is 31.1 Å². The first kappa shape index (κ1) is 25.5. The summed E-state index contributed by atoms with van der Waals surface area (Å²) in [6.07, 6.45) is 3.01. The van der Waals surface area contributed by atoms with Gasteiger partial charge in [0, 0.05) is 49.5 Å². The maximum absolute atomic E-state index is 12.8.